The van der Waals surface area contributed by atoms with Crippen molar-refractivity contribution in [3.8, 4) is 5.88 Å². The highest BCUT2D eigenvalue weighted by molar-refractivity contribution is 6.09. The molecule has 0 aliphatic carbocycles. The van der Waals surface area contributed by atoms with Crippen LogP contribution in [0.3, 0.4) is 0 Å². The van der Waals surface area contributed by atoms with Gasteiger partial charge in [-0.05, 0) is 6.92 Å². The summed E-state index contributed by atoms with van der Waals surface area (Å²) in [4.78, 5) is 25.1. The van der Waals surface area contributed by atoms with E-state index in [9.17, 15) is 14.7 Å². The number of nitrogens with one attached hydrogen (secondary N) is 1. The number of aromatic hydroxyl groups is 1. The van der Waals surface area contributed by atoms with Gasteiger partial charge in [0, 0.05) is 7.05 Å². The molecule has 2 heterocycles. The second kappa shape index (κ2) is 3.09. The number of carbonyl (C=O) groups is 1. The number of rotatable bonds is 1. The number of nitrogens with two attached hydrogens (primary N) is 1. The zero-order valence-electron chi connectivity index (χ0n) is 8.74. The molecule has 0 aliphatic heterocycles. The van der Waals surface area contributed by atoms with Crippen molar-refractivity contribution in [2.24, 2.45) is 7.05 Å². The Morgan fingerprint density at radius 3 is 2.75 bits per heavy atom. The van der Waals surface area contributed by atoms with E-state index in [2.05, 4.69) is 10.1 Å². The molecular weight excluding hydrogens is 212 g/mol. The van der Waals surface area contributed by atoms with Crippen LogP contribution in [0, 0.1) is 0 Å². The van der Waals surface area contributed by atoms with Crippen molar-refractivity contribution in [1.29, 1.82) is 0 Å². The van der Waals surface area contributed by atoms with Crippen molar-refractivity contribution in [2.75, 3.05) is 5.73 Å². The van der Waals surface area contributed by atoms with Crippen LogP contribution >= 0.6 is 0 Å². The van der Waals surface area contributed by atoms with E-state index < -0.39 is 17.2 Å². The van der Waals surface area contributed by atoms with Crippen molar-refractivity contribution in [2.45, 2.75) is 6.92 Å². The van der Waals surface area contributed by atoms with Crippen molar-refractivity contribution >= 4 is 22.5 Å². The lowest BCUT2D eigenvalue weighted by Gasteiger charge is -1.99. The van der Waals surface area contributed by atoms with Crippen molar-refractivity contribution < 1.29 is 9.90 Å². The summed E-state index contributed by atoms with van der Waals surface area (Å²) >= 11 is 0. The Morgan fingerprint density at radius 1 is 1.56 bits per heavy atom. The van der Waals surface area contributed by atoms with Crippen LogP contribution in [0.4, 0.5) is 5.82 Å². The smallest absolute Gasteiger partial charge is 0.264 e. The van der Waals surface area contributed by atoms with Gasteiger partial charge in [-0.15, -0.1) is 0 Å². The summed E-state index contributed by atoms with van der Waals surface area (Å²) in [7, 11) is 1.55. The van der Waals surface area contributed by atoms with Gasteiger partial charge in [0.25, 0.3) is 5.56 Å². The Kier molecular flexibility index (Phi) is 1.97. The Hall–Kier alpha value is -2.31. The number of aromatic nitrogens is 3. The van der Waals surface area contributed by atoms with Crippen LogP contribution in [-0.2, 0) is 7.05 Å². The first kappa shape index (κ1) is 10.2. The van der Waals surface area contributed by atoms with Gasteiger partial charge >= 0.3 is 0 Å². The Balaban J connectivity index is 3.08. The predicted octanol–water partition coefficient (Wildman–Crippen LogP) is -0.248. The van der Waals surface area contributed by atoms with Crippen LogP contribution in [0.5, 0.6) is 5.88 Å². The molecule has 0 aliphatic rings. The summed E-state index contributed by atoms with van der Waals surface area (Å²) in [6.07, 6.45) is 0. The number of H-pyrrole nitrogens is 1. The molecule has 0 spiro atoms. The number of aromatic amines is 1. The van der Waals surface area contributed by atoms with Crippen LogP contribution < -0.4 is 11.3 Å². The molecule has 7 nitrogen and oxygen atoms in total. The van der Waals surface area contributed by atoms with Crippen molar-refractivity contribution in [3.05, 3.63) is 15.9 Å². The average molecular weight is 222 g/mol. The van der Waals surface area contributed by atoms with Crippen LogP contribution in [0.2, 0.25) is 0 Å². The molecule has 0 saturated carbocycles. The number of ketones is 1. The number of pyridine rings is 1. The minimum absolute atomic E-state index is 0.0260. The average Bonchev–Trinajstić information content (AvgIpc) is 2.42. The maximum atomic E-state index is 11.5. The number of fused-ring (bicyclic) bond motifs is 1. The van der Waals surface area contributed by atoms with Gasteiger partial charge in [0.15, 0.2) is 5.78 Å². The molecule has 0 unspecified atom stereocenters. The summed E-state index contributed by atoms with van der Waals surface area (Å²) in [5.74, 6) is -0.723. The molecule has 0 amide bonds. The van der Waals surface area contributed by atoms with E-state index in [1.165, 1.54) is 11.6 Å². The highest BCUT2D eigenvalue weighted by atomic mass is 16.3. The van der Waals surface area contributed by atoms with E-state index in [0.29, 0.717) is 0 Å². The molecule has 84 valence electrons. The fourth-order valence-electron chi connectivity index (χ4n) is 1.61. The Bertz CT molecular complexity index is 653. The molecule has 2 rings (SSSR count). The van der Waals surface area contributed by atoms with Crippen LogP contribution in [0.25, 0.3) is 10.9 Å². The van der Waals surface area contributed by atoms with E-state index in [-0.39, 0.29) is 22.3 Å². The first-order chi connectivity index (χ1) is 7.43. The summed E-state index contributed by atoms with van der Waals surface area (Å²) in [5, 5.41) is 13.6. The van der Waals surface area contributed by atoms with Gasteiger partial charge in [0.1, 0.15) is 22.3 Å². The zero-order chi connectivity index (χ0) is 12.0. The molecule has 0 atom stereocenters. The maximum absolute atomic E-state index is 11.5. The lowest BCUT2D eigenvalue weighted by atomic mass is 10.1. The van der Waals surface area contributed by atoms with Gasteiger partial charge < -0.3 is 10.8 Å². The van der Waals surface area contributed by atoms with Gasteiger partial charge in [0.2, 0.25) is 5.88 Å². The monoisotopic (exact) mass is 222 g/mol. The van der Waals surface area contributed by atoms with Crippen LogP contribution in [0.1, 0.15) is 17.3 Å². The quantitative estimate of drug-likeness (QED) is 0.576. The minimum atomic E-state index is -0.567. The maximum Gasteiger partial charge on any atom is 0.264 e. The number of hydrogen-bond donors (Lipinski definition) is 3. The molecule has 0 aromatic carbocycles. The van der Waals surface area contributed by atoms with Crippen molar-refractivity contribution in [3.63, 3.8) is 0 Å². The largest absolute Gasteiger partial charge is 0.494 e. The molecule has 16 heavy (non-hydrogen) atoms. The van der Waals surface area contributed by atoms with Gasteiger partial charge in [-0.2, -0.15) is 5.10 Å². The van der Waals surface area contributed by atoms with Crippen LogP contribution in [0.15, 0.2) is 4.79 Å². The number of anilines is 1. The van der Waals surface area contributed by atoms with Crippen molar-refractivity contribution in [1.82, 2.24) is 14.8 Å². The highest BCUT2D eigenvalue weighted by Gasteiger charge is 2.20. The molecule has 0 fully saturated rings. The first-order valence-electron chi connectivity index (χ1n) is 4.51. The third-order valence-corrected chi connectivity index (χ3v) is 2.38. The topological polar surface area (TPSA) is 114 Å². The number of carbonyl (C=O) groups excluding carboxylic acids is 1. The van der Waals surface area contributed by atoms with Gasteiger partial charge in [-0.1, -0.05) is 0 Å². The normalized spacial score (nSPS) is 10.9. The van der Waals surface area contributed by atoms with Gasteiger partial charge in [-0.25, -0.2) is 0 Å². The first-order valence-corrected chi connectivity index (χ1v) is 4.51. The van der Waals surface area contributed by atoms with E-state index in [1.54, 1.807) is 7.05 Å². The minimum Gasteiger partial charge on any atom is -0.494 e. The standard InChI is InChI=1S/C9H10N4O3/c1-3(14)4-6-5(7(10)13(2)12-6)9(16)11-8(4)15/h15H,10H2,1-2H3,(H,11,16). The lowest BCUT2D eigenvalue weighted by molar-refractivity contribution is 0.101. The molecule has 0 radical (unpaired) electrons. The summed E-state index contributed by atoms with van der Waals surface area (Å²) in [5.41, 5.74) is 5.17. The second-order valence-electron chi connectivity index (χ2n) is 3.47. The summed E-state index contributed by atoms with van der Waals surface area (Å²) in [6.45, 7) is 1.28. The van der Waals surface area contributed by atoms with E-state index in [4.69, 9.17) is 5.73 Å². The molecule has 2 aromatic heterocycles. The molecule has 0 saturated heterocycles. The Labute approximate surface area is 89.5 Å². The van der Waals surface area contributed by atoms with Gasteiger partial charge in [-0.3, -0.25) is 19.3 Å². The van der Waals surface area contributed by atoms with Crippen LogP contribution in [-0.4, -0.2) is 25.7 Å². The molecule has 4 N–H and O–H groups in total. The molecule has 2 aromatic rings. The predicted molar refractivity (Wildman–Crippen MR) is 57.4 cm³/mol. The summed E-state index contributed by atoms with van der Waals surface area (Å²) < 4.78 is 1.28. The zero-order valence-corrected chi connectivity index (χ0v) is 8.74. The molecular formula is C9H10N4O3. The van der Waals surface area contributed by atoms with E-state index >= 15 is 0 Å². The number of hydrogen-bond acceptors (Lipinski definition) is 5. The number of Topliss-reactive ketones (excluding diaryl/α,β-unsaturated/α-hetero) is 1. The Morgan fingerprint density at radius 2 is 2.19 bits per heavy atom. The fourth-order valence-corrected chi connectivity index (χ4v) is 1.61. The number of nitrogen functional groups attached to an aromatic ring is 1. The SMILES string of the molecule is CC(=O)c1c(O)[nH]c(=O)c2c(N)n(C)nc12. The van der Waals surface area contributed by atoms with E-state index in [0.717, 1.165) is 0 Å². The number of nitrogens with zero attached hydrogens (tertiary/aromatic N) is 2. The second-order valence-corrected chi connectivity index (χ2v) is 3.47. The lowest BCUT2D eigenvalue weighted by Crippen LogP contribution is -2.10. The summed E-state index contributed by atoms with van der Waals surface area (Å²) in [6, 6.07) is 0. The third kappa shape index (κ3) is 1.18. The third-order valence-electron chi connectivity index (χ3n) is 2.38. The van der Waals surface area contributed by atoms with Gasteiger partial charge in [0.05, 0.1) is 0 Å². The number of aryl methyl sites for hydroxylation is 1. The van der Waals surface area contributed by atoms with E-state index in [1.807, 2.05) is 0 Å². The molecule has 0 bridgehead atoms. The fraction of sp³-hybridized carbons (Fsp3) is 0.222. The highest BCUT2D eigenvalue weighted by Crippen LogP contribution is 2.24. The molecule has 7 heteroatoms.